The third-order valence-corrected chi connectivity index (χ3v) is 5.18. The van der Waals surface area contributed by atoms with E-state index >= 15 is 0 Å². The van der Waals surface area contributed by atoms with Crippen molar-refractivity contribution in [1.82, 2.24) is 0 Å². The Kier molecular flexibility index (Phi) is 6.95. The van der Waals surface area contributed by atoms with E-state index in [0.717, 1.165) is 0 Å². The molecule has 1 unspecified atom stereocenters. The zero-order valence-electron chi connectivity index (χ0n) is 11.7. The average Bonchev–Trinajstić information content (AvgIpc) is 2.25. The van der Waals surface area contributed by atoms with E-state index in [-0.39, 0.29) is 19.4 Å². The fraction of sp³-hybridized carbons (Fsp3) is 0.900. The molecular formula is C10H20F2NO4PS. The van der Waals surface area contributed by atoms with Gasteiger partial charge in [-0.05, 0) is 34.6 Å². The lowest BCUT2D eigenvalue weighted by Crippen LogP contribution is -2.25. The van der Waals surface area contributed by atoms with Crippen LogP contribution in [0.2, 0.25) is 0 Å². The van der Waals surface area contributed by atoms with Crippen LogP contribution in [0, 0.1) is 0 Å². The summed E-state index contributed by atoms with van der Waals surface area (Å²) in [5, 5.41) is 0. The number of alkyl halides is 2. The number of hydrogen-bond donors (Lipinski definition) is 0. The van der Waals surface area contributed by atoms with Gasteiger partial charge in [-0.15, -0.1) is 0 Å². The lowest BCUT2D eigenvalue weighted by Gasteiger charge is -2.22. The summed E-state index contributed by atoms with van der Waals surface area (Å²) in [6, 6.07) is 0. The molecular weight excluding hydrogens is 299 g/mol. The predicted octanol–water partition coefficient (Wildman–Crippen LogP) is 3.38. The van der Waals surface area contributed by atoms with Crippen LogP contribution in [0.4, 0.5) is 8.78 Å². The van der Waals surface area contributed by atoms with Crippen LogP contribution in [0.1, 0.15) is 34.6 Å². The largest absolute Gasteiger partial charge is 0.405 e. The van der Waals surface area contributed by atoms with Gasteiger partial charge in [-0.25, -0.2) is 4.21 Å². The topological polar surface area (TPSA) is 65.0 Å². The minimum absolute atomic E-state index is 0.0977. The SMILES string of the molecule is CCOP(=O)(OCC)C(F)(F)/C=N/S(=O)C(C)(C)C. The first kappa shape index (κ1) is 18.8. The quantitative estimate of drug-likeness (QED) is 0.533. The number of nitrogens with zero attached hydrogens (tertiary/aromatic N) is 1. The molecule has 9 heteroatoms. The summed E-state index contributed by atoms with van der Waals surface area (Å²) in [7, 11) is -6.52. The van der Waals surface area contributed by atoms with E-state index in [1.165, 1.54) is 13.8 Å². The van der Waals surface area contributed by atoms with E-state index in [9.17, 15) is 17.6 Å². The van der Waals surface area contributed by atoms with Crippen LogP contribution in [0.3, 0.4) is 0 Å². The third kappa shape index (κ3) is 5.38. The van der Waals surface area contributed by atoms with E-state index in [1.54, 1.807) is 20.8 Å². The maximum atomic E-state index is 13.8. The molecule has 114 valence electrons. The van der Waals surface area contributed by atoms with Gasteiger partial charge in [-0.2, -0.15) is 13.2 Å². The zero-order valence-corrected chi connectivity index (χ0v) is 13.4. The Hall–Kier alpha value is -0.170. The van der Waals surface area contributed by atoms with Crippen LogP contribution in [0.5, 0.6) is 0 Å². The van der Waals surface area contributed by atoms with Gasteiger partial charge in [0.15, 0.2) is 0 Å². The number of rotatable bonds is 7. The molecule has 0 N–H and O–H groups in total. The van der Waals surface area contributed by atoms with Crippen molar-refractivity contribution in [2.75, 3.05) is 13.2 Å². The van der Waals surface area contributed by atoms with Crippen molar-refractivity contribution in [2.24, 2.45) is 4.40 Å². The Labute approximate surface area is 114 Å². The molecule has 0 aliphatic carbocycles. The molecule has 0 aromatic carbocycles. The fourth-order valence-corrected chi connectivity index (χ4v) is 2.81. The van der Waals surface area contributed by atoms with Gasteiger partial charge in [0.2, 0.25) is 0 Å². The molecule has 0 aromatic heterocycles. The molecule has 0 saturated heterocycles. The van der Waals surface area contributed by atoms with Gasteiger partial charge >= 0.3 is 13.3 Å². The molecule has 5 nitrogen and oxygen atoms in total. The number of halogens is 2. The van der Waals surface area contributed by atoms with E-state index in [0.29, 0.717) is 0 Å². The molecule has 0 radical (unpaired) electrons. The van der Waals surface area contributed by atoms with E-state index in [1.807, 2.05) is 0 Å². The summed E-state index contributed by atoms with van der Waals surface area (Å²) in [6.45, 7) is 7.22. The highest BCUT2D eigenvalue weighted by molar-refractivity contribution is 7.85. The normalized spacial score (nSPS) is 15.9. The van der Waals surface area contributed by atoms with Crippen molar-refractivity contribution in [3.63, 3.8) is 0 Å². The van der Waals surface area contributed by atoms with Crippen molar-refractivity contribution in [3.8, 4) is 0 Å². The molecule has 1 atom stereocenters. The van der Waals surface area contributed by atoms with E-state index in [2.05, 4.69) is 13.4 Å². The second kappa shape index (κ2) is 7.02. The second-order valence-electron chi connectivity index (χ2n) is 4.52. The highest BCUT2D eigenvalue weighted by Gasteiger charge is 2.52. The standard InChI is InChI=1S/C10H20F2NO4PS/c1-6-16-18(14,17-7-2)10(11,12)8-13-19(15)9(3,4)5/h8H,6-7H2,1-5H3/b13-8+. The highest BCUT2D eigenvalue weighted by atomic mass is 32.2. The first-order valence-electron chi connectivity index (χ1n) is 5.74. The van der Waals surface area contributed by atoms with Gasteiger partial charge in [-0.1, -0.05) is 0 Å². The molecule has 0 heterocycles. The minimum atomic E-state index is -4.65. The Bertz CT molecular complexity index is 385. The Morgan fingerprint density at radius 3 is 1.95 bits per heavy atom. The molecule has 19 heavy (non-hydrogen) atoms. The molecule has 0 amide bonds. The molecule has 0 aliphatic heterocycles. The first-order valence-corrected chi connectivity index (χ1v) is 8.39. The molecule has 0 rings (SSSR count). The summed E-state index contributed by atoms with van der Waals surface area (Å²) >= 11 is 0. The van der Waals surface area contributed by atoms with Crippen LogP contribution in [-0.4, -0.2) is 34.0 Å². The van der Waals surface area contributed by atoms with Crippen molar-refractivity contribution in [2.45, 2.75) is 45.0 Å². The van der Waals surface area contributed by atoms with Crippen LogP contribution in [0.15, 0.2) is 4.40 Å². The lowest BCUT2D eigenvalue weighted by atomic mass is 10.3. The van der Waals surface area contributed by atoms with Gasteiger partial charge in [-0.3, -0.25) is 4.57 Å². The van der Waals surface area contributed by atoms with E-state index in [4.69, 9.17) is 0 Å². The Morgan fingerprint density at radius 2 is 1.63 bits per heavy atom. The number of hydrogen-bond acceptors (Lipinski definition) is 4. The van der Waals surface area contributed by atoms with Crippen LogP contribution in [-0.2, 0) is 24.6 Å². The van der Waals surface area contributed by atoms with Gasteiger partial charge in [0.1, 0.15) is 11.0 Å². The highest BCUT2D eigenvalue weighted by Crippen LogP contribution is 2.60. The molecule has 0 bridgehead atoms. The lowest BCUT2D eigenvalue weighted by molar-refractivity contribution is 0.0984. The zero-order chi connectivity index (χ0) is 15.3. The maximum absolute atomic E-state index is 13.8. The summed E-state index contributed by atoms with van der Waals surface area (Å²) in [4.78, 5) is 0. The summed E-state index contributed by atoms with van der Waals surface area (Å²) in [5.74, 6) is 0. The monoisotopic (exact) mass is 319 g/mol. The molecule has 0 aromatic rings. The first-order chi connectivity index (χ1) is 8.50. The fourth-order valence-electron chi connectivity index (χ4n) is 0.889. The van der Waals surface area contributed by atoms with Crippen molar-refractivity contribution >= 4 is 24.8 Å². The van der Waals surface area contributed by atoms with Crippen molar-refractivity contribution in [1.29, 1.82) is 0 Å². The van der Waals surface area contributed by atoms with Gasteiger partial charge in [0, 0.05) is 0 Å². The van der Waals surface area contributed by atoms with Gasteiger partial charge in [0.05, 0.1) is 24.2 Å². The maximum Gasteiger partial charge on any atom is 0.405 e. The van der Waals surface area contributed by atoms with Gasteiger partial charge < -0.3 is 9.05 Å². The third-order valence-electron chi connectivity index (χ3n) is 1.79. The Morgan fingerprint density at radius 1 is 1.21 bits per heavy atom. The smallest absolute Gasteiger partial charge is 0.304 e. The summed E-state index contributed by atoms with van der Waals surface area (Å²) < 4.78 is 62.6. The predicted molar refractivity (Wildman–Crippen MR) is 72.2 cm³/mol. The van der Waals surface area contributed by atoms with Crippen LogP contribution < -0.4 is 0 Å². The van der Waals surface area contributed by atoms with Crippen molar-refractivity contribution in [3.05, 3.63) is 0 Å². The molecule has 0 saturated carbocycles. The molecule has 0 aliphatic rings. The van der Waals surface area contributed by atoms with Crippen LogP contribution >= 0.6 is 7.60 Å². The van der Waals surface area contributed by atoms with Crippen molar-refractivity contribution < 1.29 is 26.6 Å². The summed E-state index contributed by atoms with van der Waals surface area (Å²) in [6.07, 6.45) is 0.0977. The van der Waals surface area contributed by atoms with Gasteiger partial charge in [0.25, 0.3) is 0 Å². The average molecular weight is 319 g/mol. The second-order valence-corrected chi connectivity index (χ2v) is 8.56. The molecule has 0 spiro atoms. The minimum Gasteiger partial charge on any atom is -0.304 e. The Balaban J connectivity index is 5.18. The summed E-state index contributed by atoms with van der Waals surface area (Å²) in [5.41, 5.74) is -3.92. The molecule has 0 fully saturated rings. The van der Waals surface area contributed by atoms with Crippen LogP contribution in [0.25, 0.3) is 0 Å². The van der Waals surface area contributed by atoms with E-state index < -0.39 is 29.0 Å².